The third-order valence-electron chi connectivity index (χ3n) is 3.89. The summed E-state index contributed by atoms with van der Waals surface area (Å²) in [7, 11) is 0. The first-order chi connectivity index (χ1) is 10.5. The number of rotatable bonds is 7. The molecule has 0 saturated heterocycles. The first-order valence-corrected chi connectivity index (χ1v) is 8.16. The Morgan fingerprint density at radius 3 is 2.32 bits per heavy atom. The van der Waals surface area contributed by atoms with E-state index in [1.54, 1.807) is 0 Å². The van der Waals surface area contributed by atoms with Gasteiger partial charge in [-0.1, -0.05) is 32.6 Å². The Hall–Kier alpha value is -1.91. The monoisotopic (exact) mass is 302 g/mol. The fourth-order valence-corrected chi connectivity index (χ4v) is 2.73. The fourth-order valence-electron chi connectivity index (χ4n) is 2.73. The van der Waals surface area contributed by atoms with E-state index in [-0.39, 0.29) is 5.56 Å². The second-order valence-electron chi connectivity index (χ2n) is 5.97. The smallest absolute Gasteiger partial charge is 0.277 e. The van der Waals surface area contributed by atoms with Gasteiger partial charge in [0.05, 0.1) is 0 Å². The predicted octanol–water partition coefficient (Wildman–Crippen LogP) is 3.39. The molecule has 0 saturated carbocycles. The molecule has 0 radical (unpaired) electrons. The molecular weight excluding hydrogens is 276 g/mol. The Labute approximate surface area is 131 Å². The summed E-state index contributed by atoms with van der Waals surface area (Å²) < 4.78 is 1.47. The highest BCUT2D eigenvalue weighted by molar-refractivity contribution is 5.23. The Balaban J connectivity index is 2.18. The van der Waals surface area contributed by atoms with E-state index in [2.05, 4.69) is 22.0 Å². The van der Waals surface area contributed by atoms with Crippen LogP contribution in [0.3, 0.4) is 0 Å². The number of nitrogens with one attached hydrogen (secondary N) is 1. The molecule has 2 aromatic heterocycles. The summed E-state index contributed by atoms with van der Waals surface area (Å²) in [6.07, 6.45) is 6.81. The molecule has 0 amide bonds. The van der Waals surface area contributed by atoms with Crippen molar-refractivity contribution in [2.45, 2.75) is 66.2 Å². The molecule has 0 aromatic carbocycles. The molecule has 0 unspecified atom stereocenters. The lowest BCUT2D eigenvalue weighted by molar-refractivity contribution is 0.630. The summed E-state index contributed by atoms with van der Waals surface area (Å²) in [5, 5.41) is 3.11. The standard InChI is InChI=1S/C17H26N4O/c1-5-6-7-8-9-10-15-14(4)20-21(16(15)22)17-18-12(2)11-13(3)19-17/h11,20H,5-10H2,1-4H3. The summed E-state index contributed by atoms with van der Waals surface area (Å²) in [6.45, 7) is 7.97. The molecule has 2 heterocycles. The van der Waals surface area contributed by atoms with Crippen LogP contribution in [0.25, 0.3) is 5.95 Å². The molecule has 1 N–H and O–H groups in total. The second-order valence-corrected chi connectivity index (χ2v) is 5.97. The van der Waals surface area contributed by atoms with Gasteiger partial charge in [0.25, 0.3) is 11.5 Å². The van der Waals surface area contributed by atoms with Crippen molar-refractivity contribution in [2.24, 2.45) is 0 Å². The zero-order valence-corrected chi connectivity index (χ0v) is 14.1. The van der Waals surface area contributed by atoms with E-state index >= 15 is 0 Å². The zero-order valence-electron chi connectivity index (χ0n) is 14.1. The number of hydrogen-bond donors (Lipinski definition) is 1. The summed E-state index contributed by atoms with van der Waals surface area (Å²) in [6, 6.07) is 1.90. The molecule has 2 rings (SSSR count). The van der Waals surface area contributed by atoms with Gasteiger partial charge in [-0.2, -0.15) is 4.68 Å². The average Bonchev–Trinajstić information content (AvgIpc) is 2.73. The van der Waals surface area contributed by atoms with Crippen molar-refractivity contribution in [1.82, 2.24) is 19.7 Å². The number of hydrogen-bond acceptors (Lipinski definition) is 3. The van der Waals surface area contributed by atoms with E-state index in [9.17, 15) is 4.79 Å². The Morgan fingerprint density at radius 1 is 1.05 bits per heavy atom. The molecule has 5 heteroatoms. The van der Waals surface area contributed by atoms with E-state index in [0.717, 1.165) is 35.5 Å². The Morgan fingerprint density at radius 2 is 1.68 bits per heavy atom. The maximum atomic E-state index is 12.6. The van der Waals surface area contributed by atoms with Crippen LogP contribution in [0.1, 0.15) is 61.7 Å². The maximum Gasteiger partial charge on any atom is 0.277 e. The summed E-state index contributed by atoms with van der Waals surface area (Å²) in [5.74, 6) is 0.433. The van der Waals surface area contributed by atoms with E-state index < -0.39 is 0 Å². The molecule has 5 nitrogen and oxygen atoms in total. The molecule has 0 fully saturated rings. The van der Waals surface area contributed by atoms with Gasteiger partial charge >= 0.3 is 0 Å². The SMILES string of the molecule is CCCCCCCc1c(C)[nH]n(-c2nc(C)cc(C)n2)c1=O. The number of aromatic amines is 1. The minimum Gasteiger partial charge on any atom is -0.292 e. The van der Waals surface area contributed by atoms with Gasteiger partial charge in [0.2, 0.25) is 0 Å². The normalized spacial score (nSPS) is 11.1. The molecular formula is C17H26N4O. The second kappa shape index (κ2) is 7.38. The topological polar surface area (TPSA) is 63.6 Å². The van der Waals surface area contributed by atoms with Crippen LogP contribution in [-0.4, -0.2) is 19.7 Å². The van der Waals surface area contributed by atoms with Gasteiger partial charge in [-0.05, 0) is 39.7 Å². The number of aromatic nitrogens is 4. The zero-order chi connectivity index (χ0) is 16.1. The van der Waals surface area contributed by atoms with Gasteiger partial charge in [-0.15, -0.1) is 0 Å². The predicted molar refractivity (Wildman–Crippen MR) is 88.7 cm³/mol. The molecule has 0 spiro atoms. The highest BCUT2D eigenvalue weighted by Crippen LogP contribution is 2.10. The molecule has 0 aliphatic heterocycles. The minimum atomic E-state index is -0.0157. The first-order valence-electron chi connectivity index (χ1n) is 8.16. The van der Waals surface area contributed by atoms with Crippen LogP contribution in [0, 0.1) is 20.8 Å². The highest BCUT2D eigenvalue weighted by Gasteiger charge is 2.14. The van der Waals surface area contributed by atoms with Crippen LogP contribution in [0.15, 0.2) is 10.9 Å². The number of unbranched alkanes of at least 4 members (excludes halogenated alkanes) is 4. The maximum absolute atomic E-state index is 12.6. The van der Waals surface area contributed by atoms with Crippen molar-refractivity contribution < 1.29 is 0 Å². The molecule has 0 aliphatic carbocycles. The van der Waals surface area contributed by atoms with Crippen molar-refractivity contribution in [1.29, 1.82) is 0 Å². The number of aryl methyl sites for hydroxylation is 3. The van der Waals surface area contributed by atoms with Gasteiger partial charge in [-0.3, -0.25) is 9.89 Å². The van der Waals surface area contributed by atoms with Crippen LogP contribution in [0.5, 0.6) is 0 Å². The van der Waals surface area contributed by atoms with Crippen LogP contribution in [-0.2, 0) is 6.42 Å². The number of nitrogens with zero attached hydrogens (tertiary/aromatic N) is 3. The van der Waals surface area contributed by atoms with E-state index in [4.69, 9.17) is 0 Å². The minimum absolute atomic E-state index is 0.0157. The summed E-state index contributed by atoms with van der Waals surface area (Å²) >= 11 is 0. The largest absolute Gasteiger partial charge is 0.292 e. The lowest BCUT2D eigenvalue weighted by Gasteiger charge is -2.02. The van der Waals surface area contributed by atoms with Gasteiger partial charge in [0, 0.05) is 22.6 Å². The molecule has 22 heavy (non-hydrogen) atoms. The average molecular weight is 302 g/mol. The third-order valence-corrected chi connectivity index (χ3v) is 3.89. The van der Waals surface area contributed by atoms with E-state index in [1.165, 1.54) is 30.4 Å². The van der Waals surface area contributed by atoms with Crippen LogP contribution < -0.4 is 5.56 Å². The molecule has 0 atom stereocenters. The van der Waals surface area contributed by atoms with Crippen LogP contribution in [0.4, 0.5) is 0 Å². The summed E-state index contributed by atoms with van der Waals surface area (Å²) in [5.41, 5.74) is 3.49. The van der Waals surface area contributed by atoms with E-state index in [0.29, 0.717) is 5.95 Å². The van der Waals surface area contributed by atoms with Gasteiger partial charge in [0.15, 0.2) is 0 Å². The molecule has 0 bridgehead atoms. The Bertz CT molecular complexity index is 664. The van der Waals surface area contributed by atoms with Crippen molar-refractivity contribution in [3.05, 3.63) is 39.1 Å². The van der Waals surface area contributed by atoms with Crippen LogP contribution in [0.2, 0.25) is 0 Å². The molecule has 0 aliphatic rings. The lowest BCUT2D eigenvalue weighted by atomic mass is 10.1. The fraction of sp³-hybridized carbons (Fsp3) is 0.588. The van der Waals surface area contributed by atoms with Crippen molar-refractivity contribution in [3.63, 3.8) is 0 Å². The number of H-pyrrole nitrogens is 1. The van der Waals surface area contributed by atoms with Gasteiger partial charge < -0.3 is 0 Å². The highest BCUT2D eigenvalue weighted by atomic mass is 16.1. The summed E-state index contributed by atoms with van der Waals surface area (Å²) in [4.78, 5) is 21.3. The van der Waals surface area contributed by atoms with Crippen molar-refractivity contribution >= 4 is 0 Å². The third kappa shape index (κ3) is 3.84. The van der Waals surface area contributed by atoms with Gasteiger partial charge in [-0.25, -0.2) is 9.97 Å². The molecule has 120 valence electrons. The van der Waals surface area contributed by atoms with Crippen LogP contribution >= 0.6 is 0 Å². The van der Waals surface area contributed by atoms with E-state index in [1.807, 2.05) is 26.8 Å². The van der Waals surface area contributed by atoms with Crippen molar-refractivity contribution in [2.75, 3.05) is 0 Å². The molecule has 2 aromatic rings. The lowest BCUT2D eigenvalue weighted by Crippen LogP contribution is -2.20. The Kier molecular flexibility index (Phi) is 5.52. The van der Waals surface area contributed by atoms with Crippen molar-refractivity contribution in [3.8, 4) is 5.95 Å². The first kappa shape index (κ1) is 16.5. The quantitative estimate of drug-likeness (QED) is 0.797. The van der Waals surface area contributed by atoms with Gasteiger partial charge in [0.1, 0.15) is 0 Å².